The molecule has 0 saturated heterocycles. The van der Waals surface area contributed by atoms with Crippen molar-refractivity contribution in [2.75, 3.05) is 26.4 Å². The van der Waals surface area contributed by atoms with E-state index in [4.69, 9.17) is 14.2 Å². The van der Waals surface area contributed by atoms with Gasteiger partial charge in [0.25, 0.3) is 0 Å². The van der Waals surface area contributed by atoms with E-state index in [0.29, 0.717) is 11.8 Å². The Balaban J connectivity index is 1.26. The van der Waals surface area contributed by atoms with Crippen LogP contribution < -0.4 is 0 Å². The summed E-state index contributed by atoms with van der Waals surface area (Å²) in [6.45, 7) is 16.8. The van der Waals surface area contributed by atoms with Crippen LogP contribution in [0.15, 0.2) is 48.6 Å². The summed E-state index contributed by atoms with van der Waals surface area (Å²) in [4.78, 5) is 0. The third-order valence-electron chi connectivity index (χ3n) is 13.3. The number of rotatable bonds is 16. The van der Waals surface area contributed by atoms with Crippen molar-refractivity contribution in [3.63, 3.8) is 0 Å². The van der Waals surface area contributed by atoms with Crippen molar-refractivity contribution >= 4 is 0 Å². The molecule has 0 amide bonds. The van der Waals surface area contributed by atoms with Crippen LogP contribution in [0.25, 0.3) is 0 Å². The average molecular weight is 651 g/mol. The maximum atomic E-state index is 7.47. The molecular weight excluding hydrogens is 576 g/mol. The van der Waals surface area contributed by atoms with Gasteiger partial charge in [0.1, 0.15) is 0 Å². The smallest absolute Gasteiger partial charge is 0.0874 e. The summed E-state index contributed by atoms with van der Waals surface area (Å²) in [5.41, 5.74) is -0.416. The Morgan fingerprint density at radius 3 is 1.06 bits per heavy atom. The van der Waals surface area contributed by atoms with Gasteiger partial charge in [-0.25, -0.2) is 0 Å². The van der Waals surface area contributed by atoms with E-state index >= 15 is 0 Å². The summed E-state index contributed by atoms with van der Waals surface area (Å²) in [6.07, 6.45) is 39.6. The largest absolute Gasteiger partial charge is 0.377 e. The molecule has 2 unspecified atom stereocenters. The van der Waals surface area contributed by atoms with Crippen LogP contribution in [0.2, 0.25) is 0 Å². The zero-order chi connectivity index (χ0) is 33.5. The summed E-state index contributed by atoms with van der Waals surface area (Å²) >= 11 is 0. The Morgan fingerprint density at radius 2 is 0.766 bits per heavy atom. The maximum absolute atomic E-state index is 7.47. The molecule has 4 fully saturated rings. The second kappa shape index (κ2) is 19.9. The molecule has 268 valence electrons. The molecule has 47 heavy (non-hydrogen) atoms. The molecule has 0 aromatic carbocycles. The van der Waals surface area contributed by atoms with Gasteiger partial charge in [0, 0.05) is 13.2 Å². The Kier molecular flexibility index (Phi) is 16.3. The fraction of sp³-hybridized carbons (Fsp3) is 0.818. The summed E-state index contributed by atoms with van der Waals surface area (Å²) in [7, 11) is 0. The van der Waals surface area contributed by atoms with Crippen molar-refractivity contribution in [2.45, 2.75) is 155 Å². The van der Waals surface area contributed by atoms with E-state index < -0.39 is 0 Å². The first-order valence-corrected chi connectivity index (χ1v) is 20.2. The molecular formula is C44H74O3. The van der Waals surface area contributed by atoms with Crippen LogP contribution in [0, 0.1) is 47.3 Å². The average Bonchev–Trinajstić information content (AvgIpc) is 3.09. The van der Waals surface area contributed by atoms with Crippen LogP contribution in [-0.4, -0.2) is 37.6 Å². The number of ether oxygens (including phenoxy) is 3. The van der Waals surface area contributed by atoms with E-state index in [9.17, 15) is 0 Å². The Morgan fingerprint density at radius 1 is 0.447 bits per heavy atom. The van der Waals surface area contributed by atoms with Crippen molar-refractivity contribution in [1.29, 1.82) is 0 Å². The van der Waals surface area contributed by atoms with Gasteiger partial charge in [-0.15, -0.1) is 0 Å². The van der Waals surface area contributed by atoms with E-state index in [0.717, 1.165) is 61.9 Å². The van der Waals surface area contributed by atoms with Crippen molar-refractivity contribution in [3.8, 4) is 0 Å². The van der Waals surface area contributed by atoms with Gasteiger partial charge in [0.2, 0.25) is 0 Å². The van der Waals surface area contributed by atoms with Crippen LogP contribution in [-0.2, 0) is 14.2 Å². The minimum absolute atomic E-state index is 0.208. The lowest BCUT2D eigenvalue weighted by Crippen LogP contribution is -2.49. The third kappa shape index (κ3) is 11.4. The summed E-state index contributed by atoms with van der Waals surface area (Å²) < 4.78 is 19.3. The SMILES string of the molecule is CC=CCOCC1CCC(C2CCC(C(C)(C=CC)OC(C)(C=CC)C3CCC(C4CCC(COCC=CC)CC4)CC3)CC2)CC1. The third-order valence-corrected chi connectivity index (χ3v) is 13.3. The van der Waals surface area contributed by atoms with Crippen molar-refractivity contribution in [2.24, 2.45) is 47.3 Å². The van der Waals surface area contributed by atoms with Crippen LogP contribution in [0.1, 0.15) is 144 Å². The zero-order valence-electron chi connectivity index (χ0n) is 31.6. The topological polar surface area (TPSA) is 27.7 Å². The molecule has 4 aliphatic carbocycles. The quantitative estimate of drug-likeness (QED) is 0.123. The second-order valence-electron chi connectivity index (χ2n) is 16.5. The predicted octanol–water partition coefficient (Wildman–Crippen LogP) is 12.1. The maximum Gasteiger partial charge on any atom is 0.0874 e. The molecule has 0 heterocycles. The molecule has 0 radical (unpaired) electrons. The minimum Gasteiger partial charge on any atom is -0.377 e. The first kappa shape index (κ1) is 38.6. The van der Waals surface area contributed by atoms with E-state index in [2.05, 4.69) is 90.2 Å². The number of allylic oxidation sites excluding steroid dienone is 4. The lowest BCUT2D eigenvalue weighted by Gasteiger charge is -2.49. The molecule has 4 rings (SSSR count). The lowest BCUT2D eigenvalue weighted by molar-refractivity contribution is -0.156. The van der Waals surface area contributed by atoms with Gasteiger partial charge in [-0.3, -0.25) is 0 Å². The Hall–Kier alpha value is -1.16. The molecule has 0 aromatic rings. The van der Waals surface area contributed by atoms with Crippen LogP contribution in [0.5, 0.6) is 0 Å². The highest BCUT2D eigenvalue weighted by molar-refractivity contribution is 5.11. The van der Waals surface area contributed by atoms with E-state index in [1.807, 2.05) is 0 Å². The molecule has 0 aromatic heterocycles. The highest BCUT2D eigenvalue weighted by atomic mass is 16.5. The van der Waals surface area contributed by atoms with Gasteiger partial charge in [0.05, 0.1) is 24.4 Å². The lowest BCUT2D eigenvalue weighted by atomic mass is 9.65. The van der Waals surface area contributed by atoms with Gasteiger partial charge in [-0.2, -0.15) is 0 Å². The molecule has 4 saturated carbocycles. The van der Waals surface area contributed by atoms with Crippen LogP contribution >= 0.6 is 0 Å². The molecule has 3 heteroatoms. The number of hydrogen-bond donors (Lipinski definition) is 0. The molecule has 4 aliphatic rings. The molecule has 0 aliphatic heterocycles. The van der Waals surface area contributed by atoms with Crippen molar-refractivity contribution in [1.82, 2.24) is 0 Å². The summed E-state index contributed by atoms with van der Waals surface area (Å²) in [5, 5.41) is 0. The highest BCUT2D eigenvalue weighted by Gasteiger charge is 2.45. The minimum atomic E-state index is -0.208. The summed E-state index contributed by atoms with van der Waals surface area (Å²) in [6, 6.07) is 0. The Labute approximate surface area is 291 Å². The Bertz CT molecular complexity index is 886. The molecule has 0 N–H and O–H groups in total. The first-order valence-electron chi connectivity index (χ1n) is 20.2. The number of hydrogen-bond acceptors (Lipinski definition) is 3. The van der Waals surface area contributed by atoms with Gasteiger partial charge < -0.3 is 14.2 Å². The van der Waals surface area contributed by atoms with E-state index in [1.165, 1.54) is 103 Å². The zero-order valence-corrected chi connectivity index (χ0v) is 31.6. The van der Waals surface area contributed by atoms with E-state index in [-0.39, 0.29) is 11.2 Å². The van der Waals surface area contributed by atoms with Gasteiger partial charge in [0.15, 0.2) is 0 Å². The standard InChI is InChI=1S/C44H74O3/c1-7-11-31-45-33-35-13-17-37(18-14-35)39-21-25-41(26-22-39)43(5,29-9-3)47-44(6,30-10-4)42-27-23-40(24-28-42)38-19-15-36(16-20-38)34-46-32-12-8-2/h7-12,29-30,35-42H,13-28,31-34H2,1-6H3. The van der Waals surface area contributed by atoms with Crippen LogP contribution in [0.4, 0.5) is 0 Å². The first-order chi connectivity index (χ1) is 22.8. The van der Waals surface area contributed by atoms with Crippen LogP contribution in [0.3, 0.4) is 0 Å². The fourth-order valence-corrected chi connectivity index (χ4v) is 10.4. The molecule has 0 bridgehead atoms. The molecule has 3 nitrogen and oxygen atoms in total. The van der Waals surface area contributed by atoms with Gasteiger partial charge >= 0.3 is 0 Å². The molecule has 2 atom stereocenters. The van der Waals surface area contributed by atoms with Gasteiger partial charge in [-0.05, 0) is 192 Å². The predicted molar refractivity (Wildman–Crippen MR) is 201 cm³/mol. The fourth-order valence-electron chi connectivity index (χ4n) is 10.4. The monoisotopic (exact) mass is 651 g/mol. The normalized spacial score (nSPS) is 35.5. The molecule has 0 spiro atoms. The summed E-state index contributed by atoms with van der Waals surface area (Å²) in [5.74, 6) is 6.40. The highest BCUT2D eigenvalue weighted by Crippen LogP contribution is 2.49. The van der Waals surface area contributed by atoms with E-state index in [1.54, 1.807) is 0 Å². The van der Waals surface area contributed by atoms with Crippen molar-refractivity contribution in [3.05, 3.63) is 48.6 Å². The van der Waals surface area contributed by atoms with Crippen molar-refractivity contribution < 1.29 is 14.2 Å². The van der Waals surface area contributed by atoms with Gasteiger partial charge in [-0.1, -0.05) is 48.6 Å². The second-order valence-corrected chi connectivity index (χ2v) is 16.5.